The molecule has 1 heterocycles. The topological polar surface area (TPSA) is 86.7 Å². The highest BCUT2D eigenvalue weighted by atomic mass is 32.2. The van der Waals surface area contributed by atoms with Gasteiger partial charge in [0.15, 0.2) is 0 Å². The minimum atomic E-state index is -4.36. The first kappa shape index (κ1) is 36.3. The highest BCUT2D eigenvalue weighted by Crippen LogP contribution is 2.44. The van der Waals surface area contributed by atoms with Gasteiger partial charge in [0.05, 0.1) is 19.1 Å². The summed E-state index contributed by atoms with van der Waals surface area (Å²) >= 11 is 1.74. The summed E-state index contributed by atoms with van der Waals surface area (Å²) in [6.07, 6.45) is 14.4. The van der Waals surface area contributed by atoms with Crippen LogP contribution < -0.4 is 14.0 Å². The molecule has 3 rings (SSSR count). The van der Waals surface area contributed by atoms with Crippen molar-refractivity contribution in [2.75, 3.05) is 32.3 Å². The lowest BCUT2D eigenvalue weighted by Gasteiger charge is -2.21. The van der Waals surface area contributed by atoms with Gasteiger partial charge in [0.2, 0.25) is 0 Å². The van der Waals surface area contributed by atoms with Crippen LogP contribution in [0.25, 0.3) is 0 Å². The molecule has 0 spiro atoms. The standard InChI is InChI=1S/C34H52NO7PS/c1-4-6-7-8-9-10-11-12-13-14-23-39-33-16-15-17-34(29(33)3)40-26-32(38-5-2)27-41-43(36,37)42-31-20-18-30(19-21-31)25-35-22-24-44-28-35/h15-22,24,32H,4-14,23,25-28H2,1-3H3,(H,36,37). The molecule has 0 aliphatic carbocycles. The van der Waals surface area contributed by atoms with Crippen molar-refractivity contribution in [1.82, 2.24) is 4.90 Å². The summed E-state index contributed by atoms with van der Waals surface area (Å²) in [5.41, 5.74) is 1.99. The smallest absolute Gasteiger partial charge is 0.493 e. The number of hydrogen-bond acceptors (Lipinski definition) is 8. The Morgan fingerprint density at radius 1 is 0.886 bits per heavy atom. The molecule has 8 nitrogen and oxygen atoms in total. The summed E-state index contributed by atoms with van der Waals surface area (Å²) in [5.74, 6) is 2.67. The lowest BCUT2D eigenvalue weighted by atomic mass is 10.1. The van der Waals surface area contributed by atoms with E-state index in [1.807, 2.05) is 44.2 Å². The highest BCUT2D eigenvalue weighted by molar-refractivity contribution is 8.02. The fourth-order valence-corrected chi connectivity index (χ4v) is 6.39. The number of thioether (sulfide) groups is 1. The molecule has 44 heavy (non-hydrogen) atoms. The molecule has 2 atom stereocenters. The van der Waals surface area contributed by atoms with Gasteiger partial charge in [0, 0.05) is 24.9 Å². The first-order valence-electron chi connectivity index (χ1n) is 16.1. The third kappa shape index (κ3) is 14.3. The van der Waals surface area contributed by atoms with Gasteiger partial charge in [-0.25, -0.2) is 4.57 Å². The molecule has 2 aromatic rings. The lowest BCUT2D eigenvalue weighted by Crippen LogP contribution is -2.27. The zero-order chi connectivity index (χ0) is 31.5. The maximum atomic E-state index is 12.7. The number of phosphoric acid groups is 1. The van der Waals surface area contributed by atoms with Crippen LogP contribution >= 0.6 is 19.6 Å². The number of nitrogens with zero attached hydrogens (tertiary/aromatic N) is 1. The number of phosphoric ester groups is 1. The van der Waals surface area contributed by atoms with Gasteiger partial charge in [-0.05, 0) is 55.5 Å². The molecule has 1 aliphatic heterocycles. The van der Waals surface area contributed by atoms with Crippen LogP contribution in [0.5, 0.6) is 17.2 Å². The average molecular weight is 650 g/mol. The summed E-state index contributed by atoms with van der Waals surface area (Å²) in [6, 6.07) is 12.8. The number of benzene rings is 2. The van der Waals surface area contributed by atoms with E-state index in [0.29, 0.717) is 19.0 Å². The fourth-order valence-electron chi connectivity index (χ4n) is 4.88. The van der Waals surface area contributed by atoms with Crippen LogP contribution in [0.15, 0.2) is 54.1 Å². The summed E-state index contributed by atoms with van der Waals surface area (Å²) in [7, 11) is -4.36. The molecule has 0 saturated heterocycles. The molecule has 0 bridgehead atoms. The van der Waals surface area contributed by atoms with Gasteiger partial charge in [-0.2, -0.15) is 0 Å². The Morgan fingerprint density at radius 2 is 1.55 bits per heavy atom. The largest absolute Gasteiger partial charge is 0.527 e. The summed E-state index contributed by atoms with van der Waals surface area (Å²) in [5, 5.41) is 2.06. The van der Waals surface area contributed by atoms with Crippen LogP contribution in [-0.2, 0) is 20.4 Å². The molecule has 0 saturated carbocycles. The van der Waals surface area contributed by atoms with Crippen molar-refractivity contribution < 1.29 is 32.7 Å². The third-order valence-electron chi connectivity index (χ3n) is 7.38. The van der Waals surface area contributed by atoms with Crippen LogP contribution in [0.4, 0.5) is 0 Å². The minimum Gasteiger partial charge on any atom is -0.493 e. The average Bonchev–Trinajstić information content (AvgIpc) is 3.52. The zero-order valence-corrected chi connectivity index (χ0v) is 28.5. The molecule has 2 aromatic carbocycles. The predicted molar refractivity (Wildman–Crippen MR) is 179 cm³/mol. The zero-order valence-electron chi connectivity index (χ0n) is 26.8. The van der Waals surface area contributed by atoms with E-state index in [0.717, 1.165) is 35.7 Å². The summed E-state index contributed by atoms with van der Waals surface area (Å²) in [4.78, 5) is 12.5. The SMILES string of the molecule is CCCCCCCCCCCCOc1cccc(OCC(COP(=O)(O)Oc2ccc(CN3C=CSC3)cc2)OCC)c1C. The quantitative estimate of drug-likeness (QED) is 0.0883. The molecule has 10 heteroatoms. The van der Waals surface area contributed by atoms with E-state index in [2.05, 4.69) is 23.4 Å². The van der Waals surface area contributed by atoms with Crippen LogP contribution in [-0.4, -0.2) is 48.2 Å². The third-order valence-corrected chi connectivity index (χ3v) is 9.09. The van der Waals surface area contributed by atoms with Crippen molar-refractivity contribution >= 4 is 19.6 Å². The van der Waals surface area contributed by atoms with Crippen LogP contribution in [0.3, 0.4) is 0 Å². The van der Waals surface area contributed by atoms with Gasteiger partial charge in [-0.1, -0.05) is 82.9 Å². The molecular formula is C34H52NO7PS. The summed E-state index contributed by atoms with van der Waals surface area (Å²) in [6.45, 7) is 7.92. The molecule has 0 radical (unpaired) electrons. The minimum absolute atomic E-state index is 0.147. The molecular weight excluding hydrogens is 597 g/mol. The van der Waals surface area contributed by atoms with Crippen molar-refractivity contribution in [3.8, 4) is 17.2 Å². The van der Waals surface area contributed by atoms with Crippen LogP contribution in [0.2, 0.25) is 0 Å². The van der Waals surface area contributed by atoms with Crippen molar-refractivity contribution in [1.29, 1.82) is 0 Å². The Hall–Kier alpha value is -2.16. The molecule has 0 fully saturated rings. The van der Waals surface area contributed by atoms with E-state index in [1.165, 1.54) is 57.8 Å². The van der Waals surface area contributed by atoms with E-state index in [9.17, 15) is 9.46 Å². The molecule has 246 valence electrons. The van der Waals surface area contributed by atoms with Crippen LogP contribution in [0.1, 0.15) is 89.2 Å². The Balaban J connectivity index is 1.37. The summed E-state index contributed by atoms with van der Waals surface area (Å²) < 4.78 is 41.1. The first-order valence-corrected chi connectivity index (χ1v) is 18.7. The van der Waals surface area contributed by atoms with Gasteiger partial charge in [0.25, 0.3) is 0 Å². The van der Waals surface area contributed by atoms with Gasteiger partial charge >= 0.3 is 7.82 Å². The lowest BCUT2D eigenvalue weighted by molar-refractivity contribution is -0.00727. The molecule has 2 unspecified atom stereocenters. The molecule has 1 aliphatic rings. The maximum Gasteiger partial charge on any atom is 0.527 e. The van der Waals surface area contributed by atoms with E-state index >= 15 is 0 Å². The Morgan fingerprint density at radius 3 is 2.18 bits per heavy atom. The van der Waals surface area contributed by atoms with E-state index < -0.39 is 13.9 Å². The monoisotopic (exact) mass is 649 g/mol. The second-order valence-electron chi connectivity index (χ2n) is 11.1. The van der Waals surface area contributed by atoms with Gasteiger partial charge < -0.3 is 23.6 Å². The van der Waals surface area contributed by atoms with Crippen molar-refractivity contribution in [3.63, 3.8) is 0 Å². The maximum absolute atomic E-state index is 12.7. The number of ether oxygens (including phenoxy) is 3. The number of unbranched alkanes of at least 4 members (excludes halogenated alkanes) is 9. The Labute approximate surface area is 269 Å². The van der Waals surface area contributed by atoms with Crippen molar-refractivity contribution in [2.24, 2.45) is 0 Å². The Kier molecular flexibility index (Phi) is 17.2. The van der Waals surface area contributed by atoms with Crippen molar-refractivity contribution in [2.45, 2.75) is 97.6 Å². The first-order chi connectivity index (χ1) is 21.4. The second kappa shape index (κ2) is 20.8. The second-order valence-corrected chi connectivity index (χ2v) is 13.4. The van der Waals surface area contributed by atoms with Gasteiger partial charge in [0.1, 0.15) is 30.0 Å². The molecule has 1 N–H and O–H groups in total. The highest BCUT2D eigenvalue weighted by Gasteiger charge is 2.26. The predicted octanol–water partition coefficient (Wildman–Crippen LogP) is 9.25. The van der Waals surface area contributed by atoms with E-state index in [4.69, 9.17) is 23.3 Å². The normalized spacial score (nSPS) is 14.9. The van der Waals surface area contributed by atoms with Gasteiger partial charge in [-0.3, -0.25) is 9.42 Å². The van der Waals surface area contributed by atoms with Gasteiger partial charge in [-0.15, -0.1) is 11.8 Å². The Bertz CT molecular complexity index is 1150. The van der Waals surface area contributed by atoms with Crippen LogP contribution in [0, 0.1) is 6.92 Å². The van der Waals surface area contributed by atoms with Crippen molar-refractivity contribution in [3.05, 3.63) is 65.2 Å². The molecule has 0 aromatic heterocycles. The molecule has 0 amide bonds. The number of rotatable bonds is 24. The van der Waals surface area contributed by atoms with E-state index in [-0.39, 0.29) is 19.0 Å². The fraction of sp³-hybridized carbons (Fsp3) is 0.588. The van der Waals surface area contributed by atoms with E-state index in [1.54, 1.807) is 23.9 Å². The number of hydrogen-bond donors (Lipinski definition) is 1.